The zero-order valence-electron chi connectivity index (χ0n) is 16.6. The van der Waals surface area contributed by atoms with Gasteiger partial charge in [0.1, 0.15) is 23.8 Å². The first-order valence-corrected chi connectivity index (χ1v) is 9.52. The third kappa shape index (κ3) is 5.05. The largest absolute Gasteiger partial charge is 0.487 e. The first-order chi connectivity index (χ1) is 15.0. The molecule has 2 heterocycles. The number of amides is 2. The molecule has 0 saturated heterocycles. The first kappa shape index (κ1) is 20.1. The number of nitrogens with one attached hydrogen (secondary N) is 2. The number of urea groups is 1. The van der Waals surface area contributed by atoms with Crippen LogP contribution in [-0.4, -0.2) is 15.4 Å². The van der Waals surface area contributed by atoms with E-state index in [1.165, 1.54) is 28.7 Å². The van der Waals surface area contributed by atoms with Gasteiger partial charge in [0.15, 0.2) is 0 Å². The summed E-state index contributed by atoms with van der Waals surface area (Å²) in [5, 5.41) is 5.21. The molecule has 8 heteroatoms. The lowest BCUT2D eigenvalue weighted by Crippen LogP contribution is -2.19. The number of benzene rings is 2. The van der Waals surface area contributed by atoms with Gasteiger partial charge in [0.2, 0.25) is 0 Å². The maximum absolute atomic E-state index is 13.2. The summed E-state index contributed by atoms with van der Waals surface area (Å²) < 4.78 is 20.4. The van der Waals surface area contributed by atoms with Crippen molar-refractivity contribution in [2.75, 3.05) is 10.6 Å². The van der Waals surface area contributed by atoms with Crippen molar-refractivity contribution in [3.05, 3.63) is 100 Å². The van der Waals surface area contributed by atoms with Gasteiger partial charge in [-0.25, -0.2) is 14.2 Å². The number of carbonyl (C=O) groups excluding carboxylic acids is 1. The topological polar surface area (TPSA) is 84.7 Å². The Morgan fingerprint density at radius 2 is 1.81 bits per heavy atom. The second-order valence-corrected chi connectivity index (χ2v) is 6.92. The van der Waals surface area contributed by atoms with Gasteiger partial charge >= 0.3 is 6.03 Å². The van der Waals surface area contributed by atoms with Crippen LogP contribution in [0.2, 0.25) is 0 Å². The molecule has 4 aromatic rings. The molecule has 0 spiro atoms. The van der Waals surface area contributed by atoms with Crippen LogP contribution >= 0.6 is 0 Å². The highest BCUT2D eigenvalue weighted by molar-refractivity contribution is 5.99. The molecule has 0 aliphatic rings. The minimum absolute atomic E-state index is 0.131. The monoisotopic (exact) mass is 418 g/mol. The van der Waals surface area contributed by atoms with E-state index in [0.29, 0.717) is 28.5 Å². The minimum atomic E-state index is -0.490. The van der Waals surface area contributed by atoms with E-state index in [4.69, 9.17) is 4.74 Å². The smallest absolute Gasteiger partial charge is 0.323 e. The van der Waals surface area contributed by atoms with Gasteiger partial charge in [-0.2, -0.15) is 0 Å². The van der Waals surface area contributed by atoms with E-state index >= 15 is 0 Å². The van der Waals surface area contributed by atoms with E-state index in [-0.39, 0.29) is 12.2 Å². The number of nitrogens with zero attached hydrogens (tertiary/aromatic N) is 2. The Labute approximate surface area is 177 Å². The molecule has 4 rings (SSSR count). The molecule has 0 aliphatic carbocycles. The van der Waals surface area contributed by atoms with Gasteiger partial charge in [0, 0.05) is 23.6 Å². The fraction of sp³-hybridized carbons (Fsp3) is 0.0870. The van der Waals surface area contributed by atoms with E-state index in [0.717, 1.165) is 5.56 Å². The number of aryl methyl sites for hydroxylation is 1. The number of hydrogen-bond donors (Lipinski definition) is 2. The predicted molar refractivity (Wildman–Crippen MR) is 116 cm³/mol. The van der Waals surface area contributed by atoms with Gasteiger partial charge in [0.05, 0.1) is 5.69 Å². The van der Waals surface area contributed by atoms with Crippen molar-refractivity contribution in [1.29, 1.82) is 0 Å². The number of pyridine rings is 1. The van der Waals surface area contributed by atoms with Gasteiger partial charge in [-0.1, -0.05) is 6.07 Å². The van der Waals surface area contributed by atoms with Crippen molar-refractivity contribution in [2.24, 2.45) is 0 Å². The highest BCUT2D eigenvalue weighted by atomic mass is 19.1. The number of carbonyl (C=O) groups is 1. The molecule has 156 valence electrons. The van der Waals surface area contributed by atoms with E-state index in [2.05, 4.69) is 15.6 Å². The highest BCUT2D eigenvalue weighted by Crippen LogP contribution is 2.17. The van der Waals surface area contributed by atoms with E-state index < -0.39 is 11.8 Å². The summed E-state index contributed by atoms with van der Waals surface area (Å²) in [6, 6.07) is 17.0. The molecule has 0 saturated carbocycles. The van der Waals surface area contributed by atoms with Crippen LogP contribution in [0.1, 0.15) is 11.3 Å². The number of anilines is 2. The normalized spacial score (nSPS) is 10.6. The van der Waals surface area contributed by atoms with Crippen molar-refractivity contribution >= 4 is 23.1 Å². The fourth-order valence-corrected chi connectivity index (χ4v) is 2.98. The van der Waals surface area contributed by atoms with Crippen LogP contribution in [0.4, 0.5) is 20.6 Å². The van der Waals surface area contributed by atoms with Crippen LogP contribution < -0.4 is 20.9 Å². The molecule has 2 N–H and O–H groups in total. The van der Waals surface area contributed by atoms with Gasteiger partial charge in [-0.05, 0) is 67.1 Å². The summed E-state index contributed by atoms with van der Waals surface area (Å²) >= 11 is 0. The average Bonchev–Trinajstić information content (AvgIpc) is 2.73. The zero-order chi connectivity index (χ0) is 21.8. The third-order valence-electron chi connectivity index (χ3n) is 4.46. The lowest BCUT2D eigenvalue weighted by Gasteiger charge is -2.10. The van der Waals surface area contributed by atoms with Crippen LogP contribution in [0, 0.1) is 12.7 Å². The van der Waals surface area contributed by atoms with Crippen LogP contribution in [0.15, 0.2) is 77.7 Å². The Kier molecular flexibility index (Phi) is 5.61. The summed E-state index contributed by atoms with van der Waals surface area (Å²) in [5.74, 6) is 0.125. The van der Waals surface area contributed by atoms with Crippen molar-refractivity contribution in [2.45, 2.75) is 13.5 Å². The van der Waals surface area contributed by atoms with Crippen LogP contribution in [0.5, 0.6) is 5.75 Å². The summed E-state index contributed by atoms with van der Waals surface area (Å²) in [7, 11) is 0. The number of halogens is 1. The molecule has 0 aliphatic heterocycles. The van der Waals surface area contributed by atoms with Gasteiger partial charge in [-0.3, -0.25) is 9.20 Å². The minimum Gasteiger partial charge on any atom is -0.487 e. The average molecular weight is 418 g/mol. The summed E-state index contributed by atoms with van der Waals surface area (Å²) in [4.78, 5) is 28.7. The summed E-state index contributed by atoms with van der Waals surface area (Å²) in [6.07, 6.45) is 1.70. The Bertz CT molecular complexity index is 1300. The van der Waals surface area contributed by atoms with Crippen molar-refractivity contribution in [1.82, 2.24) is 9.38 Å². The van der Waals surface area contributed by atoms with Crippen molar-refractivity contribution in [3.63, 3.8) is 0 Å². The lowest BCUT2D eigenvalue weighted by atomic mass is 10.3. The SMILES string of the molecule is Cc1ccn2c(=O)cc(COc3ccc(NC(=O)Nc4cccc(F)c4)cc3)nc2c1. The zero-order valence-corrected chi connectivity index (χ0v) is 16.6. The second-order valence-electron chi connectivity index (χ2n) is 6.92. The van der Waals surface area contributed by atoms with E-state index in [1.54, 1.807) is 36.5 Å². The number of aromatic nitrogens is 2. The number of hydrogen-bond acceptors (Lipinski definition) is 4. The molecule has 2 aromatic carbocycles. The molecule has 2 amide bonds. The molecule has 0 atom stereocenters. The second kappa shape index (κ2) is 8.66. The molecule has 31 heavy (non-hydrogen) atoms. The van der Waals surface area contributed by atoms with Crippen molar-refractivity contribution < 1.29 is 13.9 Å². The predicted octanol–water partition coefficient (Wildman–Crippen LogP) is 4.37. The molecule has 0 radical (unpaired) electrons. The molecular weight excluding hydrogens is 399 g/mol. The fourth-order valence-electron chi connectivity index (χ4n) is 2.98. The van der Waals surface area contributed by atoms with Crippen molar-refractivity contribution in [3.8, 4) is 5.75 Å². The highest BCUT2D eigenvalue weighted by Gasteiger charge is 2.06. The van der Waals surface area contributed by atoms with E-state index in [1.807, 2.05) is 19.1 Å². The number of rotatable bonds is 5. The van der Waals surface area contributed by atoms with Gasteiger partial charge in [0.25, 0.3) is 5.56 Å². The van der Waals surface area contributed by atoms with Crippen LogP contribution in [0.25, 0.3) is 5.65 Å². The van der Waals surface area contributed by atoms with E-state index in [9.17, 15) is 14.0 Å². The Morgan fingerprint density at radius 1 is 1.03 bits per heavy atom. The molecular formula is C23H19FN4O3. The maximum atomic E-state index is 13.2. The Morgan fingerprint density at radius 3 is 2.58 bits per heavy atom. The molecule has 0 unspecified atom stereocenters. The summed E-state index contributed by atoms with van der Waals surface area (Å²) in [5.41, 5.74) is 2.81. The van der Waals surface area contributed by atoms with Gasteiger partial charge < -0.3 is 15.4 Å². The quantitative estimate of drug-likeness (QED) is 0.504. The molecule has 0 bridgehead atoms. The summed E-state index contributed by atoms with van der Waals surface area (Å²) in [6.45, 7) is 2.07. The molecule has 0 fully saturated rings. The van der Waals surface area contributed by atoms with Crippen LogP contribution in [-0.2, 0) is 6.61 Å². The van der Waals surface area contributed by atoms with Crippen LogP contribution in [0.3, 0.4) is 0 Å². The lowest BCUT2D eigenvalue weighted by molar-refractivity contribution is 0.262. The maximum Gasteiger partial charge on any atom is 0.323 e. The third-order valence-corrected chi connectivity index (χ3v) is 4.46. The van der Waals surface area contributed by atoms with Gasteiger partial charge in [-0.15, -0.1) is 0 Å². The Balaban J connectivity index is 1.37. The molecule has 7 nitrogen and oxygen atoms in total. The standard InChI is InChI=1S/C23H19FN4O3/c1-15-9-10-28-21(11-15)25-19(13-22(28)29)14-31-20-7-5-17(6-8-20)26-23(30)27-18-4-2-3-16(24)12-18/h2-13H,14H2,1H3,(H2,26,27,30). The first-order valence-electron chi connectivity index (χ1n) is 9.52. The Hall–Kier alpha value is -4.20. The number of fused-ring (bicyclic) bond motifs is 1. The number of ether oxygens (including phenoxy) is 1. The molecule has 2 aromatic heterocycles.